The number of ketones is 1. The highest BCUT2D eigenvalue weighted by Gasteiger charge is 2.27. The first-order valence-electron chi connectivity index (χ1n) is 9.68. The Balaban J connectivity index is 2.18. The molecule has 0 unspecified atom stereocenters. The van der Waals surface area contributed by atoms with Gasteiger partial charge in [0.2, 0.25) is 16.9 Å². The van der Waals surface area contributed by atoms with E-state index < -0.39 is 23.8 Å². The zero-order valence-corrected chi connectivity index (χ0v) is 17.8. The minimum Gasteiger partial charge on any atom is -0.361 e. The Morgan fingerprint density at radius 1 is 1.17 bits per heavy atom. The lowest BCUT2D eigenvalue weighted by Gasteiger charge is -2.22. The Kier molecular flexibility index (Phi) is 8.79. The number of carbonyl (C=O) groups is 4. The molecular weight excluding hydrogens is 404 g/mol. The van der Waals surface area contributed by atoms with Gasteiger partial charge in [0.1, 0.15) is 6.04 Å². The van der Waals surface area contributed by atoms with Crippen LogP contribution in [0.3, 0.4) is 0 Å². The summed E-state index contributed by atoms with van der Waals surface area (Å²) in [6.07, 6.45) is 2.83. The largest absolute Gasteiger partial charge is 0.361 e. The van der Waals surface area contributed by atoms with E-state index in [9.17, 15) is 19.2 Å². The van der Waals surface area contributed by atoms with Crippen LogP contribution in [0.1, 0.15) is 32.3 Å². The maximum atomic E-state index is 12.9. The summed E-state index contributed by atoms with van der Waals surface area (Å²) in [5, 5.41) is 13.0. The number of para-hydroxylation sites is 1. The first-order valence-corrected chi connectivity index (χ1v) is 10.7. The molecular formula is C21H26N4O4S. The summed E-state index contributed by atoms with van der Waals surface area (Å²) in [6.45, 7) is 3.15. The first kappa shape index (κ1) is 23.3. The summed E-state index contributed by atoms with van der Waals surface area (Å²) in [5.41, 5.74) is 1.79. The predicted octanol–water partition coefficient (Wildman–Crippen LogP) is 1.98. The van der Waals surface area contributed by atoms with Crippen LogP contribution in [0.5, 0.6) is 0 Å². The lowest BCUT2D eigenvalue weighted by atomic mass is 10.0. The summed E-state index contributed by atoms with van der Waals surface area (Å²) in [5.74, 6) is -0.734. The van der Waals surface area contributed by atoms with Gasteiger partial charge in [0.05, 0.1) is 12.3 Å². The minimum absolute atomic E-state index is 0.0162. The van der Waals surface area contributed by atoms with Gasteiger partial charge in [0, 0.05) is 36.9 Å². The molecule has 0 bridgehead atoms. The van der Waals surface area contributed by atoms with Gasteiger partial charge in [0.25, 0.3) is 0 Å². The van der Waals surface area contributed by atoms with E-state index in [1.807, 2.05) is 31.2 Å². The van der Waals surface area contributed by atoms with Crippen molar-refractivity contribution >= 4 is 51.6 Å². The van der Waals surface area contributed by atoms with Crippen molar-refractivity contribution in [2.75, 3.05) is 5.75 Å². The van der Waals surface area contributed by atoms with Crippen molar-refractivity contribution in [1.29, 1.82) is 5.41 Å². The van der Waals surface area contributed by atoms with Crippen LogP contribution in [-0.4, -0.2) is 51.7 Å². The number of aromatic amines is 1. The molecule has 0 aliphatic rings. The Morgan fingerprint density at radius 3 is 2.57 bits per heavy atom. The van der Waals surface area contributed by atoms with E-state index >= 15 is 0 Å². The molecule has 0 spiro atoms. The standard InChI is InChI=1S/C21H26N4O4S/c1-3-30-21(29)18(9-8-15(27)11-22)25-20(28)19(24-13(2)26)10-14-12-23-17-7-5-4-6-16(14)17/h4-7,11-12,18-19,22-23H,3,8-10H2,1-2H3,(H,24,26)(H,25,28)/t18-,19-/m0/s1. The molecule has 0 saturated carbocycles. The van der Waals surface area contributed by atoms with Gasteiger partial charge in [-0.15, -0.1) is 0 Å². The molecule has 30 heavy (non-hydrogen) atoms. The summed E-state index contributed by atoms with van der Waals surface area (Å²) >= 11 is 1.06. The van der Waals surface area contributed by atoms with Gasteiger partial charge in [-0.3, -0.25) is 19.2 Å². The molecule has 8 nitrogen and oxygen atoms in total. The number of benzene rings is 1. The van der Waals surface area contributed by atoms with E-state index in [0.29, 0.717) is 12.0 Å². The number of rotatable bonds is 11. The average molecular weight is 431 g/mol. The van der Waals surface area contributed by atoms with Crippen LogP contribution in [0.15, 0.2) is 30.5 Å². The Bertz CT molecular complexity index is 940. The lowest BCUT2D eigenvalue weighted by Crippen LogP contribution is -2.51. The molecule has 0 aliphatic heterocycles. The molecule has 2 amide bonds. The number of thioether (sulfide) groups is 1. The maximum absolute atomic E-state index is 12.9. The molecule has 1 aromatic carbocycles. The molecule has 2 aromatic rings. The van der Waals surface area contributed by atoms with Gasteiger partial charge in [-0.05, 0) is 23.8 Å². The molecule has 0 fully saturated rings. The number of carbonyl (C=O) groups excluding carboxylic acids is 4. The summed E-state index contributed by atoms with van der Waals surface area (Å²) < 4.78 is 0. The number of aromatic nitrogens is 1. The SMILES string of the molecule is CCSC(=O)[C@H](CCC(=O)C=N)NC(=O)[C@H](Cc1c[nH]c2ccccc12)NC(C)=O. The molecule has 0 radical (unpaired) electrons. The van der Waals surface area contributed by atoms with Gasteiger partial charge in [-0.25, -0.2) is 0 Å². The Hall–Kier alpha value is -2.94. The number of Topliss-reactive ketones (excluding diaryl/α,β-unsaturated/α-hetero) is 1. The zero-order valence-electron chi connectivity index (χ0n) is 17.0. The van der Waals surface area contributed by atoms with Gasteiger partial charge in [-0.1, -0.05) is 36.9 Å². The third-order valence-corrected chi connectivity index (χ3v) is 5.38. The summed E-state index contributed by atoms with van der Waals surface area (Å²) in [7, 11) is 0. The van der Waals surface area contributed by atoms with Crippen LogP contribution in [0.4, 0.5) is 0 Å². The van der Waals surface area contributed by atoms with Crippen LogP contribution in [-0.2, 0) is 25.6 Å². The van der Waals surface area contributed by atoms with E-state index in [2.05, 4.69) is 15.6 Å². The lowest BCUT2D eigenvalue weighted by molar-refractivity contribution is -0.129. The Morgan fingerprint density at radius 2 is 1.90 bits per heavy atom. The quantitative estimate of drug-likeness (QED) is 0.405. The van der Waals surface area contributed by atoms with Crippen LogP contribution in [0.2, 0.25) is 0 Å². The van der Waals surface area contributed by atoms with Crippen molar-refractivity contribution in [3.05, 3.63) is 36.0 Å². The second kappa shape index (κ2) is 11.3. The smallest absolute Gasteiger partial charge is 0.243 e. The Labute approximate surface area is 179 Å². The third-order valence-electron chi connectivity index (χ3n) is 4.52. The van der Waals surface area contributed by atoms with Crippen molar-refractivity contribution in [2.45, 2.75) is 45.2 Å². The fourth-order valence-corrected chi connectivity index (χ4v) is 3.76. The predicted molar refractivity (Wildman–Crippen MR) is 118 cm³/mol. The molecule has 0 saturated heterocycles. The number of hydrogen-bond acceptors (Lipinski definition) is 6. The average Bonchev–Trinajstić information content (AvgIpc) is 3.12. The molecule has 160 valence electrons. The second-order valence-electron chi connectivity index (χ2n) is 6.78. The van der Waals surface area contributed by atoms with Crippen molar-refractivity contribution < 1.29 is 19.2 Å². The fraction of sp³-hybridized carbons (Fsp3) is 0.381. The minimum atomic E-state index is -0.873. The normalized spacial score (nSPS) is 12.7. The van der Waals surface area contributed by atoms with Crippen LogP contribution in [0.25, 0.3) is 10.9 Å². The van der Waals surface area contributed by atoms with Crippen molar-refractivity contribution in [2.24, 2.45) is 0 Å². The van der Waals surface area contributed by atoms with Crippen LogP contribution < -0.4 is 10.6 Å². The summed E-state index contributed by atoms with van der Waals surface area (Å²) in [6, 6.07) is 5.90. The van der Waals surface area contributed by atoms with E-state index in [-0.39, 0.29) is 30.3 Å². The monoisotopic (exact) mass is 430 g/mol. The van der Waals surface area contributed by atoms with E-state index in [1.54, 1.807) is 6.20 Å². The van der Waals surface area contributed by atoms with Crippen LogP contribution >= 0.6 is 11.8 Å². The molecule has 2 rings (SSSR count). The highest BCUT2D eigenvalue weighted by Crippen LogP contribution is 2.19. The van der Waals surface area contributed by atoms with E-state index in [1.165, 1.54) is 6.92 Å². The highest BCUT2D eigenvalue weighted by atomic mass is 32.2. The van der Waals surface area contributed by atoms with Gasteiger partial charge in [-0.2, -0.15) is 0 Å². The number of nitrogens with one attached hydrogen (secondary N) is 4. The van der Waals surface area contributed by atoms with E-state index in [4.69, 9.17) is 5.41 Å². The first-order chi connectivity index (χ1) is 14.3. The molecule has 9 heteroatoms. The maximum Gasteiger partial charge on any atom is 0.243 e. The topological polar surface area (TPSA) is 132 Å². The zero-order chi connectivity index (χ0) is 22.1. The molecule has 4 N–H and O–H groups in total. The van der Waals surface area contributed by atoms with E-state index in [0.717, 1.165) is 28.2 Å². The molecule has 1 aromatic heterocycles. The van der Waals surface area contributed by atoms with Crippen molar-refractivity contribution in [1.82, 2.24) is 15.6 Å². The van der Waals surface area contributed by atoms with Crippen molar-refractivity contribution in [3.8, 4) is 0 Å². The van der Waals surface area contributed by atoms with Gasteiger partial charge >= 0.3 is 0 Å². The number of H-pyrrole nitrogens is 1. The highest BCUT2D eigenvalue weighted by molar-refractivity contribution is 8.13. The summed E-state index contributed by atoms with van der Waals surface area (Å²) in [4.78, 5) is 51.6. The third kappa shape index (κ3) is 6.55. The number of fused-ring (bicyclic) bond motifs is 1. The fourth-order valence-electron chi connectivity index (χ4n) is 3.10. The molecule has 0 aliphatic carbocycles. The van der Waals surface area contributed by atoms with Crippen LogP contribution in [0, 0.1) is 5.41 Å². The number of amides is 2. The second-order valence-corrected chi connectivity index (χ2v) is 8.05. The van der Waals surface area contributed by atoms with Crippen molar-refractivity contribution in [3.63, 3.8) is 0 Å². The number of hydrogen-bond donors (Lipinski definition) is 4. The van der Waals surface area contributed by atoms with Gasteiger partial charge < -0.3 is 21.0 Å². The van der Waals surface area contributed by atoms with Gasteiger partial charge in [0.15, 0.2) is 5.78 Å². The molecule has 2 atom stereocenters. The molecule has 1 heterocycles.